The number of piperazine rings is 1. The van der Waals surface area contributed by atoms with Crippen LogP contribution in [0.5, 0.6) is 5.75 Å². The van der Waals surface area contributed by atoms with E-state index < -0.39 is 17.2 Å². The van der Waals surface area contributed by atoms with E-state index in [-0.39, 0.29) is 46.8 Å². The van der Waals surface area contributed by atoms with Crippen LogP contribution in [-0.2, 0) is 6.42 Å². The summed E-state index contributed by atoms with van der Waals surface area (Å²) in [6.45, 7) is 7.94. The summed E-state index contributed by atoms with van der Waals surface area (Å²) >= 11 is 0. The second-order valence-corrected chi connectivity index (χ2v) is 10.8. The second-order valence-electron chi connectivity index (χ2n) is 10.8. The number of anilines is 1. The Balaban J connectivity index is 1.83. The van der Waals surface area contributed by atoms with E-state index >= 15 is 8.78 Å². The molecule has 0 radical (unpaired) electrons. The molecule has 8 nitrogen and oxygen atoms in total. The first-order valence-electron chi connectivity index (χ1n) is 13.9. The zero-order chi connectivity index (χ0) is 28.8. The van der Waals surface area contributed by atoms with Crippen LogP contribution in [0.3, 0.4) is 0 Å². The number of nitrogens with one attached hydrogen (secondary N) is 1. The molecule has 210 valence electrons. The summed E-state index contributed by atoms with van der Waals surface area (Å²) in [5, 5.41) is 14.0. The summed E-state index contributed by atoms with van der Waals surface area (Å²) in [4.78, 5) is 25.7. The molecule has 2 aliphatic heterocycles. The van der Waals surface area contributed by atoms with Crippen molar-refractivity contribution in [3.05, 3.63) is 75.3 Å². The first-order valence-corrected chi connectivity index (χ1v) is 13.9. The zero-order valence-corrected chi connectivity index (χ0v) is 23.2. The highest BCUT2D eigenvalue weighted by Gasteiger charge is 2.31. The molecule has 41 heavy (non-hydrogen) atoms. The van der Waals surface area contributed by atoms with E-state index in [1.165, 1.54) is 22.8 Å². The lowest BCUT2D eigenvalue weighted by molar-refractivity contribution is 0.310. The standard InChI is InChI=1S/C31H30F2N6O2/c1-17(2)26-28-19(9-10-36-26)6-5-13-41-24-8-4-7-22(32)25(24)27-23(33)14-20-29(38-12-11-35-16-18(38)3)21(15-34)31(40)39(28)30(20)37-27/h4,7-10,14,17-18,35H,5-6,11-13,16H2,1-3H3/t18-/m0/s1. The number of ether oxygens (including phenoxy) is 1. The predicted molar refractivity (Wildman–Crippen MR) is 153 cm³/mol. The first-order chi connectivity index (χ1) is 19.8. The van der Waals surface area contributed by atoms with E-state index in [9.17, 15) is 10.1 Å². The Morgan fingerprint density at radius 2 is 2.02 bits per heavy atom. The van der Waals surface area contributed by atoms with Gasteiger partial charge in [0.1, 0.15) is 28.9 Å². The molecule has 1 N–H and O–H groups in total. The van der Waals surface area contributed by atoms with Gasteiger partial charge in [-0.3, -0.25) is 14.3 Å². The van der Waals surface area contributed by atoms with Gasteiger partial charge >= 0.3 is 0 Å². The highest BCUT2D eigenvalue weighted by Crippen LogP contribution is 2.39. The Hall–Kier alpha value is -4.36. The van der Waals surface area contributed by atoms with Crippen LogP contribution in [-0.4, -0.2) is 46.8 Å². The van der Waals surface area contributed by atoms with Crippen LogP contribution < -0.4 is 20.5 Å². The number of aromatic nitrogens is 3. The minimum Gasteiger partial charge on any atom is -0.493 e. The van der Waals surface area contributed by atoms with Crippen LogP contribution in [0.25, 0.3) is 28.0 Å². The molecular weight excluding hydrogens is 526 g/mol. The first kappa shape index (κ1) is 26.8. The fourth-order valence-corrected chi connectivity index (χ4v) is 5.92. The van der Waals surface area contributed by atoms with Gasteiger partial charge in [-0.2, -0.15) is 5.26 Å². The van der Waals surface area contributed by atoms with E-state index in [4.69, 9.17) is 9.72 Å². The molecule has 0 aliphatic carbocycles. The van der Waals surface area contributed by atoms with Crippen molar-refractivity contribution in [3.63, 3.8) is 0 Å². The molecule has 4 aromatic rings. The third-order valence-electron chi connectivity index (χ3n) is 7.84. The van der Waals surface area contributed by atoms with Gasteiger partial charge < -0.3 is 15.0 Å². The molecule has 0 amide bonds. The summed E-state index contributed by atoms with van der Waals surface area (Å²) in [6.07, 6.45) is 2.79. The van der Waals surface area contributed by atoms with Crippen molar-refractivity contribution >= 4 is 16.7 Å². The average Bonchev–Trinajstić information content (AvgIpc) is 2.95. The summed E-state index contributed by atoms with van der Waals surface area (Å²) in [5.74, 6) is -1.37. The van der Waals surface area contributed by atoms with Crippen LogP contribution >= 0.6 is 0 Å². The molecule has 1 fully saturated rings. The van der Waals surface area contributed by atoms with Crippen molar-refractivity contribution in [1.29, 1.82) is 5.26 Å². The Labute approximate surface area is 236 Å². The van der Waals surface area contributed by atoms with Crippen LogP contribution in [0.2, 0.25) is 0 Å². The molecule has 3 aromatic heterocycles. The fraction of sp³-hybridized carbons (Fsp3) is 0.355. The number of halogens is 2. The third-order valence-corrected chi connectivity index (χ3v) is 7.84. The Morgan fingerprint density at radius 3 is 2.78 bits per heavy atom. The second kappa shape index (κ2) is 10.6. The summed E-state index contributed by atoms with van der Waals surface area (Å²) in [6, 6.07) is 9.50. The lowest BCUT2D eigenvalue weighted by atomic mass is 9.99. The minimum atomic E-state index is -0.780. The van der Waals surface area contributed by atoms with Crippen LogP contribution in [0.4, 0.5) is 14.5 Å². The molecule has 0 saturated carbocycles. The molecule has 2 bridgehead atoms. The van der Waals surface area contributed by atoms with E-state index in [0.717, 1.165) is 5.56 Å². The number of nitrogens with zero attached hydrogens (tertiary/aromatic N) is 5. The van der Waals surface area contributed by atoms with Crippen molar-refractivity contribution in [1.82, 2.24) is 19.9 Å². The maximum absolute atomic E-state index is 16.1. The van der Waals surface area contributed by atoms with Gasteiger partial charge in [0.2, 0.25) is 0 Å². The maximum Gasteiger partial charge on any atom is 0.276 e. The van der Waals surface area contributed by atoms with Crippen molar-refractivity contribution in [2.24, 2.45) is 0 Å². The van der Waals surface area contributed by atoms with Gasteiger partial charge in [-0.1, -0.05) is 19.9 Å². The van der Waals surface area contributed by atoms with Crippen molar-refractivity contribution in [3.8, 4) is 28.8 Å². The smallest absolute Gasteiger partial charge is 0.276 e. The number of hydrogen-bond donors (Lipinski definition) is 1. The molecule has 5 heterocycles. The number of fused-ring (bicyclic) bond motifs is 5. The van der Waals surface area contributed by atoms with Gasteiger partial charge in [-0.15, -0.1) is 0 Å². The molecular formula is C31H30F2N6O2. The van der Waals surface area contributed by atoms with E-state index in [1.54, 1.807) is 12.3 Å². The molecule has 0 unspecified atom stereocenters. The largest absolute Gasteiger partial charge is 0.493 e. The van der Waals surface area contributed by atoms with Crippen molar-refractivity contribution in [2.75, 3.05) is 31.1 Å². The summed E-state index contributed by atoms with van der Waals surface area (Å²) < 4.78 is 38.8. The maximum atomic E-state index is 16.1. The van der Waals surface area contributed by atoms with Crippen molar-refractivity contribution in [2.45, 2.75) is 45.6 Å². The van der Waals surface area contributed by atoms with Crippen LogP contribution in [0, 0.1) is 23.0 Å². The SMILES string of the molecule is CC(C)c1nccc2c1-n1c(=O)c(C#N)c(N3CCNC[C@@H]3C)c3cc(F)c(nc31)-c1c(F)cccc1OCCC2. The van der Waals surface area contributed by atoms with Gasteiger partial charge in [-0.05, 0) is 55.5 Å². The Bertz CT molecular complexity index is 1780. The third kappa shape index (κ3) is 4.41. The van der Waals surface area contributed by atoms with Gasteiger partial charge in [0.05, 0.1) is 29.2 Å². The summed E-state index contributed by atoms with van der Waals surface area (Å²) in [5.41, 5.74) is 1.44. The number of rotatable bonds is 2. The van der Waals surface area contributed by atoms with Gasteiger partial charge in [0.25, 0.3) is 5.56 Å². The summed E-state index contributed by atoms with van der Waals surface area (Å²) in [7, 11) is 0. The lowest BCUT2D eigenvalue weighted by Gasteiger charge is -2.37. The number of hydrogen-bond acceptors (Lipinski definition) is 7. The highest BCUT2D eigenvalue weighted by atomic mass is 19.1. The quantitative estimate of drug-likeness (QED) is 0.377. The number of nitriles is 1. The van der Waals surface area contributed by atoms with E-state index in [2.05, 4.69) is 16.4 Å². The van der Waals surface area contributed by atoms with Crippen LogP contribution in [0.1, 0.15) is 49.9 Å². The molecule has 0 spiro atoms. The molecule has 1 aromatic carbocycles. The number of pyridine rings is 3. The predicted octanol–water partition coefficient (Wildman–Crippen LogP) is 4.84. The fourth-order valence-electron chi connectivity index (χ4n) is 5.92. The van der Waals surface area contributed by atoms with Gasteiger partial charge in [-0.25, -0.2) is 13.8 Å². The van der Waals surface area contributed by atoms with Crippen LogP contribution in [0.15, 0.2) is 41.3 Å². The number of benzene rings is 1. The zero-order valence-electron chi connectivity index (χ0n) is 23.2. The number of aryl methyl sites for hydroxylation is 1. The topological polar surface area (TPSA) is 96.1 Å². The molecule has 1 saturated heterocycles. The Kier molecular flexibility index (Phi) is 6.91. The van der Waals surface area contributed by atoms with E-state index in [0.29, 0.717) is 54.9 Å². The molecule has 1 atom stereocenters. The highest BCUT2D eigenvalue weighted by molar-refractivity contribution is 5.96. The minimum absolute atomic E-state index is 0.0746. The molecule has 10 heteroatoms. The van der Waals surface area contributed by atoms with Crippen molar-refractivity contribution < 1.29 is 13.5 Å². The van der Waals surface area contributed by atoms with Gasteiger partial charge in [0, 0.05) is 37.3 Å². The van der Waals surface area contributed by atoms with Gasteiger partial charge in [0.15, 0.2) is 11.5 Å². The molecule has 6 rings (SSSR count). The lowest BCUT2D eigenvalue weighted by Crippen LogP contribution is -2.50. The monoisotopic (exact) mass is 556 g/mol. The van der Waals surface area contributed by atoms with E-state index in [1.807, 2.05) is 31.7 Å². The average molecular weight is 557 g/mol. The Morgan fingerprint density at radius 1 is 1.20 bits per heavy atom. The molecule has 2 aliphatic rings. The normalized spacial score (nSPS) is 16.9.